The number of anilines is 1. The summed E-state index contributed by atoms with van der Waals surface area (Å²) in [5.41, 5.74) is 7.21. The molecule has 0 saturated heterocycles. The Balaban J connectivity index is 0.00000210. The molecule has 4 N–H and O–H groups in total. The van der Waals surface area contributed by atoms with Crippen LogP contribution in [0.15, 0.2) is 51.5 Å². The lowest BCUT2D eigenvalue weighted by molar-refractivity contribution is 0.198. The van der Waals surface area contributed by atoms with Crippen molar-refractivity contribution in [2.75, 3.05) is 11.3 Å². The molecule has 1 aromatic carbocycles. The summed E-state index contributed by atoms with van der Waals surface area (Å²) in [6, 6.07) is 8.03. The van der Waals surface area contributed by atoms with Crippen LogP contribution in [0.3, 0.4) is 0 Å². The van der Waals surface area contributed by atoms with Crippen molar-refractivity contribution in [3.05, 3.63) is 48.5 Å². The Labute approximate surface area is 166 Å². The highest BCUT2D eigenvalue weighted by atomic mass is 35.5. The minimum Gasteiger partial charge on any atom is -0.443 e. The molecular formula is C15H15BClN3O5S2. The Morgan fingerprint density at radius 2 is 2.15 bits per heavy atom. The summed E-state index contributed by atoms with van der Waals surface area (Å²) in [6.07, 6.45) is 2.41. The van der Waals surface area contributed by atoms with Crippen LogP contribution in [0.25, 0.3) is 10.6 Å². The van der Waals surface area contributed by atoms with Crippen LogP contribution in [0.4, 0.5) is 5.69 Å². The summed E-state index contributed by atoms with van der Waals surface area (Å²) in [7, 11) is -4.90. The highest BCUT2D eigenvalue weighted by molar-refractivity contribution is 7.94. The molecule has 1 unspecified atom stereocenters. The Morgan fingerprint density at radius 3 is 2.85 bits per heavy atom. The van der Waals surface area contributed by atoms with Gasteiger partial charge in [0, 0.05) is 12.2 Å². The SMILES string of the molecule is Cl.NCC1OB(O)c2cc(NS(=O)(=O)c3ccc(-c4cnco4)s3)ccc21. The summed E-state index contributed by atoms with van der Waals surface area (Å²) in [6.45, 7) is 0.231. The van der Waals surface area contributed by atoms with Crippen molar-refractivity contribution in [3.63, 3.8) is 0 Å². The minimum atomic E-state index is -3.78. The molecule has 142 valence electrons. The van der Waals surface area contributed by atoms with Crippen LogP contribution in [0.5, 0.6) is 0 Å². The average molecular weight is 428 g/mol. The molecule has 0 radical (unpaired) electrons. The number of nitrogens with zero attached hydrogens (tertiary/aromatic N) is 1. The second kappa shape index (κ2) is 7.62. The molecule has 12 heteroatoms. The lowest BCUT2D eigenvalue weighted by atomic mass is 9.79. The van der Waals surface area contributed by atoms with E-state index in [1.807, 2.05) is 0 Å². The molecular weight excluding hydrogens is 413 g/mol. The average Bonchev–Trinajstić information content (AvgIpc) is 3.34. The second-order valence-corrected chi connectivity index (χ2v) is 8.64. The number of oxazole rings is 1. The number of hydrogen-bond donors (Lipinski definition) is 3. The van der Waals surface area contributed by atoms with E-state index in [4.69, 9.17) is 14.8 Å². The van der Waals surface area contributed by atoms with E-state index >= 15 is 0 Å². The van der Waals surface area contributed by atoms with Gasteiger partial charge in [-0.15, -0.1) is 23.7 Å². The summed E-state index contributed by atoms with van der Waals surface area (Å²) >= 11 is 1.07. The summed E-state index contributed by atoms with van der Waals surface area (Å²) < 4.78 is 38.4. The van der Waals surface area contributed by atoms with Gasteiger partial charge in [0.25, 0.3) is 10.0 Å². The fourth-order valence-electron chi connectivity index (χ4n) is 2.77. The maximum absolute atomic E-state index is 12.6. The monoisotopic (exact) mass is 427 g/mol. The van der Waals surface area contributed by atoms with E-state index in [0.29, 0.717) is 21.8 Å². The Morgan fingerprint density at radius 1 is 1.33 bits per heavy atom. The molecule has 0 bridgehead atoms. The van der Waals surface area contributed by atoms with Crippen LogP contribution < -0.4 is 15.9 Å². The topological polar surface area (TPSA) is 128 Å². The van der Waals surface area contributed by atoms with Crippen molar-refractivity contribution in [3.8, 4) is 10.6 Å². The predicted octanol–water partition coefficient (Wildman–Crippen LogP) is 1.34. The van der Waals surface area contributed by atoms with Gasteiger partial charge in [0.05, 0.1) is 17.2 Å². The smallest absolute Gasteiger partial charge is 0.443 e. The van der Waals surface area contributed by atoms with Gasteiger partial charge >= 0.3 is 7.12 Å². The molecule has 8 nitrogen and oxygen atoms in total. The van der Waals surface area contributed by atoms with E-state index in [1.165, 1.54) is 18.7 Å². The molecule has 0 aliphatic carbocycles. The Kier molecular flexibility index (Phi) is 5.61. The van der Waals surface area contributed by atoms with Crippen molar-refractivity contribution in [2.45, 2.75) is 10.3 Å². The third-order valence-corrected chi connectivity index (χ3v) is 6.95. The molecule has 1 aliphatic heterocycles. The van der Waals surface area contributed by atoms with Crippen molar-refractivity contribution >= 4 is 52.0 Å². The fourth-order valence-corrected chi connectivity index (χ4v) is 5.08. The maximum Gasteiger partial charge on any atom is 0.492 e. The van der Waals surface area contributed by atoms with Crippen molar-refractivity contribution in [1.82, 2.24) is 4.98 Å². The summed E-state index contributed by atoms with van der Waals surface area (Å²) in [4.78, 5) is 4.48. The number of fused-ring (bicyclic) bond motifs is 1. The Bertz CT molecular complexity index is 1040. The van der Waals surface area contributed by atoms with Crippen molar-refractivity contribution in [1.29, 1.82) is 0 Å². The van der Waals surface area contributed by atoms with Gasteiger partial charge in [0.2, 0.25) is 0 Å². The number of rotatable bonds is 5. The number of hydrogen-bond acceptors (Lipinski definition) is 8. The van der Waals surface area contributed by atoms with E-state index in [9.17, 15) is 13.4 Å². The zero-order chi connectivity index (χ0) is 18.3. The molecule has 0 saturated carbocycles. The molecule has 27 heavy (non-hydrogen) atoms. The van der Waals surface area contributed by atoms with Gasteiger partial charge in [-0.3, -0.25) is 4.72 Å². The van der Waals surface area contributed by atoms with Gasteiger partial charge in [-0.1, -0.05) is 6.07 Å². The molecule has 2 aromatic heterocycles. The fraction of sp³-hybridized carbons (Fsp3) is 0.133. The van der Waals surface area contributed by atoms with E-state index < -0.39 is 23.2 Å². The molecule has 0 fully saturated rings. The number of aromatic nitrogens is 1. The first kappa shape index (κ1) is 19.9. The lowest BCUT2D eigenvalue weighted by Gasteiger charge is -2.10. The molecule has 1 aliphatic rings. The van der Waals surface area contributed by atoms with Gasteiger partial charge < -0.3 is 19.8 Å². The van der Waals surface area contributed by atoms with E-state index in [-0.39, 0.29) is 23.2 Å². The second-order valence-electron chi connectivity index (χ2n) is 5.65. The van der Waals surface area contributed by atoms with Crippen LogP contribution >= 0.6 is 23.7 Å². The van der Waals surface area contributed by atoms with Gasteiger partial charge in [0.1, 0.15) is 4.21 Å². The van der Waals surface area contributed by atoms with E-state index in [0.717, 1.165) is 16.9 Å². The first-order chi connectivity index (χ1) is 12.5. The first-order valence-corrected chi connectivity index (χ1v) is 9.97. The maximum atomic E-state index is 12.6. The molecule has 3 aromatic rings. The third-order valence-electron chi connectivity index (χ3n) is 3.98. The summed E-state index contributed by atoms with van der Waals surface area (Å²) in [5.74, 6) is 0.502. The normalized spacial score (nSPS) is 16.1. The van der Waals surface area contributed by atoms with Crippen LogP contribution in [-0.2, 0) is 14.7 Å². The van der Waals surface area contributed by atoms with Crippen LogP contribution in [0.2, 0.25) is 0 Å². The largest absolute Gasteiger partial charge is 0.492 e. The van der Waals surface area contributed by atoms with Crippen molar-refractivity contribution < 1.29 is 22.5 Å². The standard InChI is InChI=1S/C15H14BN3O5S2.ClH/c17-6-12-10-2-1-9(5-11(10)16(20)24-12)19-26(21,22)15-4-3-14(25-15)13-7-18-8-23-13;/h1-5,7-8,12,19-20H,6,17H2;1H. The number of nitrogens with two attached hydrogens (primary N) is 1. The zero-order valence-corrected chi connectivity index (χ0v) is 16.2. The number of nitrogens with one attached hydrogen (secondary N) is 1. The molecule has 3 heterocycles. The third kappa shape index (κ3) is 3.75. The Hall–Kier alpha value is -1.89. The van der Waals surface area contributed by atoms with Crippen LogP contribution in [-0.4, -0.2) is 32.1 Å². The lowest BCUT2D eigenvalue weighted by Crippen LogP contribution is -2.28. The number of sulfonamides is 1. The van der Waals surface area contributed by atoms with E-state index in [2.05, 4.69) is 9.71 Å². The zero-order valence-electron chi connectivity index (χ0n) is 13.7. The minimum absolute atomic E-state index is 0. The number of benzene rings is 1. The van der Waals surface area contributed by atoms with Crippen LogP contribution in [0.1, 0.15) is 11.7 Å². The quantitative estimate of drug-likeness (QED) is 0.524. The first-order valence-electron chi connectivity index (χ1n) is 7.67. The van der Waals surface area contributed by atoms with Gasteiger partial charge in [-0.05, 0) is 35.3 Å². The highest BCUT2D eigenvalue weighted by Gasteiger charge is 2.34. The summed E-state index contributed by atoms with van der Waals surface area (Å²) in [5, 5.41) is 9.96. The molecule has 0 amide bonds. The van der Waals surface area contributed by atoms with Crippen molar-refractivity contribution in [2.24, 2.45) is 5.73 Å². The van der Waals surface area contributed by atoms with Gasteiger partial charge in [0.15, 0.2) is 12.2 Å². The van der Waals surface area contributed by atoms with E-state index in [1.54, 1.807) is 24.3 Å². The predicted molar refractivity (Wildman–Crippen MR) is 105 cm³/mol. The molecule has 1 atom stereocenters. The van der Waals surface area contributed by atoms with Gasteiger partial charge in [-0.2, -0.15) is 0 Å². The molecule has 0 spiro atoms. The number of thiophene rings is 1. The van der Waals surface area contributed by atoms with Crippen LogP contribution in [0, 0.1) is 0 Å². The number of halogens is 1. The molecule has 4 rings (SSSR count). The highest BCUT2D eigenvalue weighted by Crippen LogP contribution is 2.32. The van der Waals surface area contributed by atoms with Gasteiger partial charge in [-0.25, -0.2) is 13.4 Å².